The van der Waals surface area contributed by atoms with Crippen LogP contribution >= 0.6 is 0 Å². The molecule has 7 nitrogen and oxygen atoms in total. The van der Waals surface area contributed by atoms with Crippen LogP contribution in [0.15, 0.2) is 36.4 Å². The molecule has 1 saturated heterocycles. The molecule has 2 aromatic carbocycles. The van der Waals surface area contributed by atoms with Gasteiger partial charge in [-0.15, -0.1) is 0 Å². The number of methoxy groups -OCH3 is 1. The average molecular weight is 399 g/mol. The van der Waals surface area contributed by atoms with Crippen molar-refractivity contribution in [3.8, 4) is 5.75 Å². The Morgan fingerprint density at radius 3 is 2.45 bits per heavy atom. The van der Waals surface area contributed by atoms with E-state index in [-0.39, 0.29) is 11.9 Å². The van der Waals surface area contributed by atoms with Gasteiger partial charge in [0.05, 0.1) is 13.7 Å². The Hall–Kier alpha value is -2.80. The first kappa shape index (κ1) is 20.9. The molecule has 0 atom stereocenters. The highest BCUT2D eigenvalue weighted by Gasteiger charge is 2.22. The average Bonchev–Trinajstić information content (AvgIpc) is 2.76. The van der Waals surface area contributed by atoms with Gasteiger partial charge in [0.1, 0.15) is 5.75 Å². The van der Waals surface area contributed by atoms with Gasteiger partial charge in [-0.05, 0) is 41.0 Å². The first-order valence-electron chi connectivity index (χ1n) is 10.2. The fourth-order valence-corrected chi connectivity index (χ4v) is 3.43. The minimum atomic E-state index is -0.0603. The lowest BCUT2D eigenvalue weighted by atomic mass is 10.1. The summed E-state index contributed by atoms with van der Waals surface area (Å²) in [7, 11) is 1.66. The van der Waals surface area contributed by atoms with Crippen molar-refractivity contribution in [3.63, 3.8) is 0 Å². The summed E-state index contributed by atoms with van der Waals surface area (Å²) in [6.45, 7) is 6.32. The lowest BCUT2D eigenvalue weighted by Crippen LogP contribution is -2.53. The van der Waals surface area contributed by atoms with Gasteiger partial charge in [-0.25, -0.2) is 4.79 Å². The van der Waals surface area contributed by atoms with E-state index in [1.165, 1.54) is 0 Å². The van der Waals surface area contributed by atoms with Crippen molar-refractivity contribution in [2.24, 2.45) is 0 Å². The minimum Gasteiger partial charge on any atom is -0.497 e. The molecule has 2 aromatic rings. The third-order valence-corrected chi connectivity index (χ3v) is 5.15. The molecule has 2 N–H and O–H groups in total. The van der Waals surface area contributed by atoms with Crippen molar-refractivity contribution >= 4 is 22.7 Å². The standard InChI is InChI=1S/C22H30N4O3/c1-3-8-23-21(27)16-25-9-11-26(12-10-25)22(28)24-15-17-4-5-19-14-20(29-2)7-6-18(19)13-17/h4-7,13-14H,3,8-12,15-16H2,1-2H3,(H,23,27)(H,24,28). The maximum atomic E-state index is 12.5. The van der Waals surface area contributed by atoms with Crippen LogP contribution in [-0.4, -0.2) is 68.1 Å². The molecule has 0 radical (unpaired) electrons. The Balaban J connectivity index is 1.45. The van der Waals surface area contributed by atoms with E-state index in [4.69, 9.17) is 4.74 Å². The first-order chi connectivity index (χ1) is 14.1. The highest BCUT2D eigenvalue weighted by atomic mass is 16.5. The number of ether oxygens (including phenoxy) is 1. The summed E-state index contributed by atoms with van der Waals surface area (Å²) in [6, 6.07) is 12.1. The Labute approximate surface area is 172 Å². The molecular weight excluding hydrogens is 368 g/mol. The molecule has 1 fully saturated rings. The number of carbonyl (C=O) groups is 2. The van der Waals surface area contributed by atoms with Gasteiger partial charge in [-0.3, -0.25) is 9.69 Å². The van der Waals surface area contributed by atoms with Crippen LogP contribution in [0.4, 0.5) is 4.79 Å². The molecule has 0 bridgehead atoms. The van der Waals surface area contributed by atoms with Crippen molar-refractivity contribution in [3.05, 3.63) is 42.0 Å². The smallest absolute Gasteiger partial charge is 0.317 e. The van der Waals surface area contributed by atoms with Gasteiger partial charge in [0, 0.05) is 39.3 Å². The predicted octanol–water partition coefficient (Wildman–Crippen LogP) is 2.20. The second kappa shape index (κ2) is 10.1. The van der Waals surface area contributed by atoms with E-state index in [2.05, 4.69) is 21.6 Å². The lowest BCUT2D eigenvalue weighted by Gasteiger charge is -2.34. The van der Waals surface area contributed by atoms with Crippen molar-refractivity contribution in [1.29, 1.82) is 0 Å². The van der Waals surface area contributed by atoms with Crippen LogP contribution in [0, 0.1) is 0 Å². The number of piperazine rings is 1. The molecule has 3 rings (SSSR count). The van der Waals surface area contributed by atoms with Gasteiger partial charge in [0.15, 0.2) is 0 Å². The summed E-state index contributed by atoms with van der Waals surface area (Å²) in [5.74, 6) is 0.888. The van der Waals surface area contributed by atoms with Gasteiger partial charge in [0.2, 0.25) is 5.91 Å². The Bertz CT molecular complexity index is 847. The first-order valence-corrected chi connectivity index (χ1v) is 10.2. The van der Waals surface area contributed by atoms with Crippen LogP contribution in [0.25, 0.3) is 10.8 Å². The molecule has 0 spiro atoms. The summed E-state index contributed by atoms with van der Waals surface area (Å²) in [5.41, 5.74) is 1.06. The molecule has 3 amide bonds. The van der Waals surface area contributed by atoms with Gasteiger partial charge in [-0.1, -0.05) is 25.1 Å². The summed E-state index contributed by atoms with van der Waals surface area (Å²) in [5, 5.41) is 8.12. The summed E-state index contributed by atoms with van der Waals surface area (Å²) < 4.78 is 5.26. The number of rotatable bonds is 7. The van der Waals surface area contributed by atoms with Crippen LogP contribution in [0.2, 0.25) is 0 Å². The lowest BCUT2D eigenvalue weighted by molar-refractivity contribution is -0.122. The quantitative estimate of drug-likeness (QED) is 0.750. The summed E-state index contributed by atoms with van der Waals surface area (Å²) in [4.78, 5) is 28.2. The van der Waals surface area contributed by atoms with Gasteiger partial charge < -0.3 is 20.3 Å². The van der Waals surface area contributed by atoms with E-state index in [9.17, 15) is 9.59 Å². The molecule has 1 aliphatic rings. The molecule has 7 heteroatoms. The van der Waals surface area contributed by atoms with Crippen LogP contribution in [0.5, 0.6) is 5.75 Å². The highest BCUT2D eigenvalue weighted by Crippen LogP contribution is 2.21. The number of nitrogens with one attached hydrogen (secondary N) is 2. The molecule has 0 unspecified atom stereocenters. The normalized spacial score (nSPS) is 14.6. The van der Waals surface area contributed by atoms with Crippen LogP contribution in [0.1, 0.15) is 18.9 Å². The monoisotopic (exact) mass is 398 g/mol. The predicted molar refractivity (Wildman–Crippen MR) is 114 cm³/mol. The SMILES string of the molecule is CCCNC(=O)CN1CCN(C(=O)NCc2ccc3cc(OC)ccc3c2)CC1. The maximum absolute atomic E-state index is 12.5. The van der Waals surface area contributed by atoms with E-state index >= 15 is 0 Å². The van der Waals surface area contributed by atoms with E-state index < -0.39 is 0 Å². The number of carbonyl (C=O) groups excluding carboxylic acids is 2. The van der Waals surface area contributed by atoms with Crippen LogP contribution in [0.3, 0.4) is 0 Å². The van der Waals surface area contributed by atoms with Crippen LogP contribution < -0.4 is 15.4 Å². The molecule has 0 aliphatic carbocycles. The molecule has 156 valence electrons. The fraction of sp³-hybridized carbons (Fsp3) is 0.455. The van der Waals surface area contributed by atoms with Crippen molar-refractivity contribution in [2.75, 3.05) is 46.4 Å². The Morgan fingerprint density at radius 1 is 1.00 bits per heavy atom. The molecule has 0 aromatic heterocycles. The zero-order chi connectivity index (χ0) is 20.6. The number of amides is 3. The molecular formula is C22H30N4O3. The molecule has 1 heterocycles. The fourth-order valence-electron chi connectivity index (χ4n) is 3.43. The summed E-state index contributed by atoms with van der Waals surface area (Å²) in [6.07, 6.45) is 0.936. The third kappa shape index (κ3) is 5.84. The van der Waals surface area contributed by atoms with Crippen molar-refractivity contribution in [1.82, 2.24) is 20.4 Å². The second-order valence-corrected chi connectivity index (χ2v) is 7.32. The maximum Gasteiger partial charge on any atom is 0.317 e. The Kier molecular flexibility index (Phi) is 7.30. The number of fused-ring (bicyclic) bond motifs is 1. The largest absolute Gasteiger partial charge is 0.497 e. The van der Waals surface area contributed by atoms with E-state index in [1.807, 2.05) is 42.2 Å². The van der Waals surface area contributed by atoms with Crippen molar-refractivity contribution < 1.29 is 14.3 Å². The Morgan fingerprint density at radius 2 is 1.72 bits per heavy atom. The second-order valence-electron chi connectivity index (χ2n) is 7.32. The molecule has 1 aliphatic heterocycles. The van der Waals surface area contributed by atoms with Crippen molar-refractivity contribution in [2.45, 2.75) is 19.9 Å². The topological polar surface area (TPSA) is 73.9 Å². The van der Waals surface area contributed by atoms with Gasteiger partial charge in [-0.2, -0.15) is 0 Å². The molecule has 0 saturated carbocycles. The zero-order valence-electron chi connectivity index (χ0n) is 17.2. The number of urea groups is 1. The van der Waals surface area contributed by atoms with E-state index in [0.717, 1.165) is 28.5 Å². The minimum absolute atomic E-state index is 0.0543. The highest BCUT2D eigenvalue weighted by molar-refractivity contribution is 5.84. The number of nitrogens with zero attached hydrogens (tertiary/aromatic N) is 2. The van der Waals surface area contributed by atoms with Crippen LogP contribution in [-0.2, 0) is 11.3 Å². The number of hydrogen-bond acceptors (Lipinski definition) is 4. The zero-order valence-corrected chi connectivity index (χ0v) is 17.2. The number of hydrogen-bond donors (Lipinski definition) is 2. The summed E-state index contributed by atoms with van der Waals surface area (Å²) >= 11 is 0. The van der Waals surface area contributed by atoms with E-state index in [1.54, 1.807) is 7.11 Å². The van der Waals surface area contributed by atoms with Gasteiger partial charge >= 0.3 is 6.03 Å². The van der Waals surface area contributed by atoms with E-state index in [0.29, 0.717) is 45.8 Å². The molecule has 29 heavy (non-hydrogen) atoms. The third-order valence-electron chi connectivity index (χ3n) is 5.15. The van der Waals surface area contributed by atoms with Gasteiger partial charge in [0.25, 0.3) is 0 Å². The number of benzene rings is 2.